The van der Waals surface area contributed by atoms with Crippen molar-refractivity contribution < 1.29 is 0 Å². The topological polar surface area (TPSA) is 68.8 Å². The minimum absolute atomic E-state index is 0.384. The summed E-state index contributed by atoms with van der Waals surface area (Å²) in [5.41, 5.74) is 5.98. The molecule has 1 unspecified atom stereocenters. The second-order valence-electron chi connectivity index (χ2n) is 6.38. The van der Waals surface area contributed by atoms with Crippen LogP contribution in [0.1, 0.15) is 63.7 Å². The van der Waals surface area contributed by atoms with E-state index >= 15 is 0 Å². The van der Waals surface area contributed by atoms with Crippen molar-refractivity contribution in [1.82, 2.24) is 14.8 Å². The fourth-order valence-corrected chi connectivity index (χ4v) is 3.31. The maximum absolute atomic E-state index is 5.98. The highest BCUT2D eigenvalue weighted by Gasteiger charge is 2.29. The standard InChI is InChI=1S/C14H25N5/c1-9(2)12-7-8-16-14-17-13(18-19(12)14)10-3-5-11(15)6-4-10/h9-12H,3-8,15H2,1-2H3,(H,16,17,18). The van der Waals surface area contributed by atoms with Gasteiger partial charge in [0.05, 0.1) is 6.04 Å². The Morgan fingerprint density at radius 3 is 2.63 bits per heavy atom. The van der Waals surface area contributed by atoms with Crippen LogP contribution in [0.3, 0.4) is 0 Å². The highest BCUT2D eigenvalue weighted by atomic mass is 15.4. The van der Waals surface area contributed by atoms with E-state index in [4.69, 9.17) is 15.8 Å². The minimum Gasteiger partial charge on any atom is -0.354 e. The number of nitrogens with zero attached hydrogens (tertiary/aromatic N) is 3. The third-order valence-electron chi connectivity index (χ3n) is 4.59. The Kier molecular flexibility index (Phi) is 3.48. The molecule has 0 spiro atoms. The van der Waals surface area contributed by atoms with Crippen molar-refractivity contribution in [2.75, 3.05) is 11.9 Å². The first kappa shape index (κ1) is 12.9. The molecule has 3 N–H and O–H groups in total. The quantitative estimate of drug-likeness (QED) is 0.859. The van der Waals surface area contributed by atoms with Crippen molar-refractivity contribution in [3.8, 4) is 0 Å². The summed E-state index contributed by atoms with van der Waals surface area (Å²) in [7, 11) is 0. The maximum atomic E-state index is 5.98. The first-order chi connectivity index (χ1) is 9.15. The van der Waals surface area contributed by atoms with Crippen molar-refractivity contribution in [3.05, 3.63) is 5.82 Å². The van der Waals surface area contributed by atoms with Gasteiger partial charge in [-0.05, 0) is 38.0 Å². The Morgan fingerprint density at radius 2 is 1.95 bits per heavy atom. The van der Waals surface area contributed by atoms with Gasteiger partial charge in [-0.1, -0.05) is 13.8 Å². The Balaban J connectivity index is 1.81. The first-order valence-corrected chi connectivity index (χ1v) is 7.61. The molecule has 0 aromatic carbocycles. The molecule has 1 fully saturated rings. The lowest BCUT2D eigenvalue weighted by Gasteiger charge is -2.27. The van der Waals surface area contributed by atoms with Crippen LogP contribution in [0, 0.1) is 5.92 Å². The van der Waals surface area contributed by atoms with E-state index in [1.807, 2.05) is 0 Å². The lowest BCUT2D eigenvalue weighted by Crippen LogP contribution is -2.27. The van der Waals surface area contributed by atoms with Crippen molar-refractivity contribution >= 4 is 5.95 Å². The highest BCUT2D eigenvalue weighted by Crippen LogP contribution is 2.34. The number of nitrogens with one attached hydrogen (secondary N) is 1. The fraction of sp³-hybridized carbons (Fsp3) is 0.857. The molecule has 1 aliphatic carbocycles. The number of rotatable bonds is 2. The molecule has 0 saturated heterocycles. The fourth-order valence-electron chi connectivity index (χ4n) is 3.31. The van der Waals surface area contributed by atoms with Crippen LogP contribution in [0.25, 0.3) is 0 Å². The number of hydrogen-bond donors (Lipinski definition) is 2. The van der Waals surface area contributed by atoms with Crippen LogP contribution < -0.4 is 11.1 Å². The number of hydrogen-bond acceptors (Lipinski definition) is 4. The SMILES string of the molecule is CC(C)C1CCNc2nc(C3CCC(N)CC3)nn21. The lowest BCUT2D eigenvalue weighted by molar-refractivity contribution is 0.316. The molecule has 106 valence electrons. The van der Waals surface area contributed by atoms with Gasteiger partial charge in [0.15, 0.2) is 5.82 Å². The van der Waals surface area contributed by atoms with Gasteiger partial charge in [-0.3, -0.25) is 0 Å². The second kappa shape index (κ2) is 5.12. The van der Waals surface area contributed by atoms with Crippen molar-refractivity contribution in [1.29, 1.82) is 0 Å². The molecule has 5 nitrogen and oxygen atoms in total. The number of fused-ring (bicyclic) bond motifs is 1. The smallest absolute Gasteiger partial charge is 0.221 e. The van der Waals surface area contributed by atoms with Crippen LogP contribution in [0.5, 0.6) is 0 Å². The molecule has 1 aliphatic heterocycles. The molecule has 2 aliphatic rings. The van der Waals surface area contributed by atoms with E-state index in [2.05, 4.69) is 23.8 Å². The first-order valence-electron chi connectivity index (χ1n) is 7.61. The van der Waals surface area contributed by atoms with Gasteiger partial charge in [-0.2, -0.15) is 10.1 Å². The Hall–Kier alpha value is -1.10. The Bertz CT molecular complexity index is 431. The van der Waals surface area contributed by atoms with Gasteiger partial charge in [-0.25, -0.2) is 4.68 Å². The Morgan fingerprint density at radius 1 is 1.21 bits per heavy atom. The van der Waals surface area contributed by atoms with Gasteiger partial charge in [0, 0.05) is 18.5 Å². The molecule has 2 heterocycles. The minimum atomic E-state index is 0.384. The predicted molar refractivity (Wildman–Crippen MR) is 76.2 cm³/mol. The summed E-state index contributed by atoms with van der Waals surface area (Å²) in [6.45, 7) is 5.54. The molecule has 0 bridgehead atoms. The van der Waals surface area contributed by atoms with E-state index in [-0.39, 0.29) is 0 Å². The normalized spacial score (nSPS) is 31.1. The van der Waals surface area contributed by atoms with Crippen LogP contribution in [0.15, 0.2) is 0 Å². The summed E-state index contributed by atoms with van der Waals surface area (Å²) in [4.78, 5) is 4.73. The zero-order chi connectivity index (χ0) is 13.4. The Labute approximate surface area is 115 Å². The van der Waals surface area contributed by atoms with E-state index in [0.29, 0.717) is 23.9 Å². The van der Waals surface area contributed by atoms with Crippen molar-refractivity contribution in [2.45, 2.75) is 64.0 Å². The molecule has 1 atom stereocenters. The summed E-state index contributed by atoms with van der Waals surface area (Å²) in [6.07, 6.45) is 5.63. The van der Waals surface area contributed by atoms with E-state index < -0.39 is 0 Å². The molecular weight excluding hydrogens is 238 g/mol. The van der Waals surface area contributed by atoms with Crippen LogP contribution in [-0.4, -0.2) is 27.4 Å². The van der Waals surface area contributed by atoms with E-state index in [0.717, 1.165) is 50.4 Å². The largest absolute Gasteiger partial charge is 0.354 e. The summed E-state index contributed by atoms with van der Waals surface area (Å²) in [5.74, 6) is 3.11. The van der Waals surface area contributed by atoms with E-state index in [1.165, 1.54) is 0 Å². The van der Waals surface area contributed by atoms with Gasteiger partial charge in [0.25, 0.3) is 0 Å². The van der Waals surface area contributed by atoms with Gasteiger partial charge < -0.3 is 11.1 Å². The van der Waals surface area contributed by atoms with Gasteiger partial charge >= 0.3 is 0 Å². The molecule has 3 rings (SSSR count). The van der Waals surface area contributed by atoms with Gasteiger partial charge in [0.2, 0.25) is 5.95 Å². The van der Waals surface area contributed by atoms with Crippen LogP contribution in [0.2, 0.25) is 0 Å². The van der Waals surface area contributed by atoms with E-state index in [9.17, 15) is 0 Å². The summed E-state index contributed by atoms with van der Waals surface area (Å²) < 4.78 is 2.12. The molecule has 1 saturated carbocycles. The molecule has 0 amide bonds. The number of anilines is 1. The monoisotopic (exact) mass is 263 g/mol. The summed E-state index contributed by atoms with van der Waals surface area (Å²) in [6, 6.07) is 0.873. The average molecular weight is 263 g/mol. The summed E-state index contributed by atoms with van der Waals surface area (Å²) in [5, 5.41) is 8.18. The zero-order valence-electron chi connectivity index (χ0n) is 12.0. The number of nitrogens with two attached hydrogens (primary N) is 1. The third-order valence-corrected chi connectivity index (χ3v) is 4.59. The molecule has 0 radical (unpaired) electrons. The summed E-state index contributed by atoms with van der Waals surface area (Å²) >= 11 is 0. The zero-order valence-corrected chi connectivity index (χ0v) is 12.0. The highest BCUT2D eigenvalue weighted by molar-refractivity contribution is 5.29. The lowest BCUT2D eigenvalue weighted by atomic mass is 9.86. The van der Waals surface area contributed by atoms with E-state index in [1.54, 1.807) is 0 Å². The molecular formula is C14H25N5. The molecule has 1 aromatic heterocycles. The van der Waals surface area contributed by atoms with Crippen molar-refractivity contribution in [2.24, 2.45) is 11.7 Å². The predicted octanol–water partition coefficient (Wildman–Crippen LogP) is 2.28. The van der Waals surface area contributed by atoms with Crippen LogP contribution >= 0.6 is 0 Å². The third kappa shape index (κ3) is 2.48. The number of aromatic nitrogens is 3. The molecule has 1 aromatic rings. The van der Waals surface area contributed by atoms with Crippen LogP contribution in [-0.2, 0) is 0 Å². The van der Waals surface area contributed by atoms with Crippen LogP contribution in [0.4, 0.5) is 5.95 Å². The molecule has 5 heteroatoms. The average Bonchev–Trinajstić information content (AvgIpc) is 2.82. The molecule has 19 heavy (non-hydrogen) atoms. The second-order valence-corrected chi connectivity index (χ2v) is 6.38. The van der Waals surface area contributed by atoms with Gasteiger partial charge in [-0.15, -0.1) is 0 Å². The van der Waals surface area contributed by atoms with Gasteiger partial charge in [0.1, 0.15) is 0 Å². The van der Waals surface area contributed by atoms with Crippen molar-refractivity contribution in [3.63, 3.8) is 0 Å². The maximum Gasteiger partial charge on any atom is 0.221 e.